The third-order valence-electron chi connectivity index (χ3n) is 1.55. The lowest BCUT2D eigenvalue weighted by Crippen LogP contribution is -2.32. The third-order valence-corrected chi connectivity index (χ3v) is 2.27. The van der Waals surface area contributed by atoms with Crippen LogP contribution in [0.4, 0.5) is 13.2 Å². The van der Waals surface area contributed by atoms with E-state index in [1.165, 1.54) is 0 Å². The highest BCUT2D eigenvalue weighted by atomic mass is 35.5. The van der Waals surface area contributed by atoms with E-state index in [1.807, 2.05) is 13.8 Å². The van der Waals surface area contributed by atoms with Crippen LogP contribution < -0.4 is 5.32 Å². The van der Waals surface area contributed by atoms with Gasteiger partial charge >= 0.3 is 6.18 Å². The van der Waals surface area contributed by atoms with Crippen molar-refractivity contribution in [2.75, 3.05) is 19.0 Å². The van der Waals surface area contributed by atoms with Crippen molar-refractivity contribution in [3.63, 3.8) is 0 Å². The first-order valence-corrected chi connectivity index (χ1v) is 4.64. The van der Waals surface area contributed by atoms with Gasteiger partial charge in [0.2, 0.25) is 0 Å². The van der Waals surface area contributed by atoms with Crippen molar-refractivity contribution >= 4 is 11.6 Å². The molecule has 80 valence electrons. The van der Waals surface area contributed by atoms with Crippen molar-refractivity contribution in [3.05, 3.63) is 0 Å². The second kappa shape index (κ2) is 5.05. The van der Waals surface area contributed by atoms with Crippen LogP contribution in [0.1, 0.15) is 20.3 Å². The van der Waals surface area contributed by atoms with Gasteiger partial charge in [0.05, 0.1) is 6.42 Å². The highest BCUT2D eigenvalue weighted by Gasteiger charge is 2.26. The molecule has 0 radical (unpaired) electrons. The largest absolute Gasteiger partial charge is 0.390 e. The number of alkyl halides is 4. The van der Waals surface area contributed by atoms with E-state index in [9.17, 15) is 13.2 Å². The van der Waals surface area contributed by atoms with Gasteiger partial charge in [0.15, 0.2) is 0 Å². The molecule has 0 spiro atoms. The molecule has 0 saturated heterocycles. The quantitative estimate of drug-likeness (QED) is 0.552. The molecule has 1 N–H and O–H groups in total. The maximum Gasteiger partial charge on any atom is 0.390 e. The smallest absolute Gasteiger partial charge is 0.316 e. The Kier molecular flexibility index (Phi) is 5.07. The Labute approximate surface area is 81.6 Å². The van der Waals surface area contributed by atoms with Crippen LogP contribution in [-0.2, 0) is 0 Å². The zero-order valence-corrected chi connectivity index (χ0v) is 8.60. The predicted octanol–water partition coefficient (Wildman–Crippen LogP) is 2.79. The monoisotopic (exact) mass is 217 g/mol. The molecule has 1 nitrogen and oxygen atoms in total. The summed E-state index contributed by atoms with van der Waals surface area (Å²) in [7, 11) is 0. The number of hydrogen-bond donors (Lipinski definition) is 1. The van der Waals surface area contributed by atoms with E-state index in [0.717, 1.165) is 0 Å². The number of rotatable bonds is 5. The molecule has 0 aliphatic rings. The Morgan fingerprint density at radius 2 is 1.77 bits per heavy atom. The molecule has 0 fully saturated rings. The lowest BCUT2D eigenvalue weighted by atomic mass is 9.96. The van der Waals surface area contributed by atoms with Crippen molar-refractivity contribution < 1.29 is 13.2 Å². The van der Waals surface area contributed by atoms with Gasteiger partial charge in [0, 0.05) is 19.0 Å². The molecule has 0 aliphatic heterocycles. The number of nitrogens with one attached hydrogen (secondary N) is 1. The molecular formula is C8H15ClF3N. The average Bonchev–Trinajstić information content (AvgIpc) is 1.97. The molecule has 5 heteroatoms. The average molecular weight is 218 g/mol. The molecule has 0 rings (SSSR count). The van der Waals surface area contributed by atoms with Crippen molar-refractivity contribution in [2.24, 2.45) is 5.41 Å². The van der Waals surface area contributed by atoms with E-state index in [0.29, 0.717) is 12.4 Å². The van der Waals surface area contributed by atoms with Crippen LogP contribution in [0, 0.1) is 5.41 Å². The number of hydrogen-bond acceptors (Lipinski definition) is 1. The molecule has 0 aromatic carbocycles. The van der Waals surface area contributed by atoms with Crippen molar-refractivity contribution in [1.82, 2.24) is 5.32 Å². The third kappa shape index (κ3) is 8.37. The molecule has 0 saturated carbocycles. The highest BCUT2D eigenvalue weighted by molar-refractivity contribution is 6.18. The van der Waals surface area contributed by atoms with E-state index in [4.69, 9.17) is 11.6 Å². The van der Waals surface area contributed by atoms with Gasteiger partial charge in [0.1, 0.15) is 0 Å². The summed E-state index contributed by atoms with van der Waals surface area (Å²) in [6.07, 6.45) is -4.86. The molecule has 0 atom stereocenters. The molecule has 0 amide bonds. The summed E-state index contributed by atoms with van der Waals surface area (Å²) >= 11 is 5.60. The zero-order chi connectivity index (χ0) is 10.5. The Hall–Kier alpha value is 0.0400. The summed E-state index contributed by atoms with van der Waals surface area (Å²) in [6, 6.07) is 0. The minimum Gasteiger partial charge on any atom is -0.316 e. The molecule has 0 aromatic heterocycles. The van der Waals surface area contributed by atoms with Crippen LogP contribution in [0.5, 0.6) is 0 Å². The fraction of sp³-hybridized carbons (Fsp3) is 1.00. The SMILES string of the molecule is CC(C)(CCl)CNCCC(F)(F)F. The van der Waals surface area contributed by atoms with Crippen molar-refractivity contribution in [1.29, 1.82) is 0 Å². The van der Waals surface area contributed by atoms with Crippen molar-refractivity contribution in [2.45, 2.75) is 26.4 Å². The standard InChI is InChI=1S/C8H15ClF3N/c1-7(2,5-9)6-13-4-3-8(10,11)12/h13H,3-6H2,1-2H3. The van der Waals surface area contributed by atoms with E-state index >= 15 is 0 Å². The van der Waals surface area contributed by atoms with E-state index in [2.05, 4.69) is 5.32 Å². The summed E-state index contributed by atoms with van der Waals surface area (Å²) < 4.78 is 35.1. The fourth-order valence-electron chi connectivity index (χ4n) is 0.704. The van der Waals surface area contributed by atoms with Crippen molar-refractivity contribution in [3.8, 4) is 0 Å². The zero-order valence-electron chi connectivity index (χ0n) is 7.84. The maximum atomic E-state index is 11.7. The second-order valence-electron chi connectivity index (χ2n) is 3.84. The normalized spacial score (nSPS) is 13.4. The summed E-state index contributed by atoms with van der Waals surface area (Å²) in [5.74, 6) is 0.437. The summed E-state index contributed by atoms with van der Waals surface area (Å²) in [4.78, 5) is 0. The molecule has 13 heavy (non-hydrogen) atoms. The summed E-state index contributed by atoms with van der Waals surface area (Å²) in [6.45, 7) is 4.28. The summed E-state index contributed by atoms with van der Waals surface area (Å²) in [5.41, 5.74) is -0.146. The topological polar surface area (TPSA) is 12.0 Å². The fourth-order valence-corrected chi connectivity index (χ4v) is 0.799. The van der Waals surface area contributed by atoms with Crippen LogP contribution in [-0.4, -0.2) is 25.1 Å². The minimum absolute atomic E-state index is 0.0379. The maximum absolute atomic E-state index is 11.7. The van der Waals surface area contributed by atoms with Gasteiger partial charge in [0.25, 0.3) is 0 Å². The van der Waals surface area contributed by atoms with Crippen LogP contribution in [0.2, 0.25) is 0 Å². The predicted molar refractivity (Wildman–Crippen MR) is 48.0 cm³/mol. The first-order chi connectivity index (χ1) is 5.77. The van der Waals surface area contributed by atoms with E-state index in [1.54, 1.807) is 0 Å². The van der Waals surface area contributed by atoms with Gasteiger partial charge < -0.3 is 5.32 Å². The van der Waals surface area contributed by atoms with Gasteiger partial charge in [-0.25, -0.2) is 0 Å². The number of halogens is 4. The lowest BCUT2D eigenvalue weighted by Gasteiger charge is -2.21. The first kappa shape index (κ1) is 13.0. The van der Waals surface area contributed by atoms with Crippen LogP contribution >= 0.6 is 11.6 Å². The van der Waals surface area contributed by atoms with E-state index in [-0.39, 0.29) is 12.0 Å². The Morgan fingerprint density at radius 1 is 1.23 bits per heavy atom. The van der Waals surface area contributed by atoms with Crippen LogP contribution in [0.15, 0.2) is 0 Å². The highest BCUT2D eigenvalue weighted by Crippen LogP contribution is 2.19. The van der Waals surface area contributed by atoms with Gasteiger partial charge in [-0.1, -0.05) is 13.8 Å². The summed E-state index contributed by atoms with van der Waals surface area (Å²) in [5, 5.41) is 2.73. The molecular weight excluding hydrogens is 203 g/mol. The molecule has 0 unspecified atom stereocenters. The van der Waals surface area contributed by atoms with Gasteiger partial charge in [-0.15, -0.1) is 11.6 Å². The lowest BCUT2D eigenvalue weighted by molar-refractivity contribution is -0.133. The Balaban J connectivity index is 3.47. The van der Waals surface area contributed by atoms with Gasteiger partial charge in [-0.2, -0.15) is 13.2 Å². The Bertz CT molecular complexity index is 145. The molecule has 0 aliphatic carbocycles. The Morgan fingerprint density at radius 3 is 2.15 bits per heavy atom. The molecule has 0 heterocycles. The molecule has 0 aromatic rings. The van der Waals surface area contributed by atoms with Gasteiger partial charge in [-0.3, -0.25) is 0 Å². The van der Waals surface area contributed by atoms with Crippen LogP contribution in [0.3, 0.4) is 0 Å². The second-order valence-corrected chi connectivity index (χ2v) is 4.11. The molecule has 0 bridgehead atoms. The van der Waals surface area contributed by atoms with E-state index < -0.39 is 12.6 Å². The van der Waals surface area contributed by atoms with Gasteiger partial charge in [-0.05, 0) is 5.41 Å². The first-order valence-electron chi connectivity index (χ1n) is 4.10. The van der Waals surface area contributed by atoms with Crippen LogP contribution in [0.25, 0.3) is 0 Å². The minimum atomic E-state index is -4.07.